The minimum Gasteiger partial charge on any atom is -0.339 e. The first-order valence-electron chi connectivity index (χ1n) is 7.43. The number of amides is 2. The summed E-state index contributed by atoms with van der Waals surface area (Å²) in [6, 6.07) is 0. The molecule has 0 saturated carbocycles. The van der Waals surface area contributed by atoms with E-state index in [1.807, 2.05) is 30.6 Å². The average molecular weight is 268 g/mol. The Morgan fingerprint density at radius 3 is 1.95 bits per heavy atom. The maximum atomic E-state index is 12.1. The lowest BCUT2D eigenvalue weighted by Crippen LogP contribution is -2.53. The zero-order valence-corrected chi connectivity index (χ0v) is 12.9. The molecule has 0 aromatic rings. The Bertz CT molecular complexity index is 313. The maximum absolute atomic E-state index is 12.1. The van der Waals surface area contributed by atoms with Gasteiger partial charge < -0.3 is 9.80 Å². The van der Waals surface area contributed by atoms with Gasteiger partial charge in [0.05, 0.1) is 0 Å². The third-order valence-electron chi connectivity index (χ3n) is 3.56. The summed E-state index contributed by atoms with van der Waals surface area (Å²) in [7, 11) is 0. The van der Waals surface area contributed by atoms with Crippen molar-refractivity contribution in [2.45, 2.75) is 53.4 Å². The van der Waals surface area contributed by atoms with Crippen molar-refractivity contribution in [2.75, 3.05) is 26.2 Å². The fourth-order valence-corrected chi connectivity index (χ4v) is 2.32. The van der Waals surface area contributed by atoms with Crippen LogP contribution in [0.4, 0.5) is 0 Å². The fourth-order valence-electron chi connectivity index (χ4n) is 2.32. The summed E-state index contributed by atoms with van der Waals surface area (Å²) in [5.74, 6) is 0.432. The highest BCUT2D eigenvalue weighted by Crippen LogP contribution is 2.18. The summed E-state index contributed by atoms with van der Waals surface area (Å²) in [5, 5.41) is 0. The van der Waals surface area contributed by atoms with Crippen LogP contribution in [0.15, 0.2) is 0 Å². The number of hydrogen-bond donors (Lipinski definition) is 0. The van der Waals surface area contributed by atoms with Gasteiger partial charge in [-0.05, 0) is 6.42 Å². The average Bonchev–Trinajstić information content (AvgIpc) is 2.37. The van der Waals surface area contributed by atoms with Crippen molar-refractivity contribution in [2.24, 2.45) is 5.41 Å². The van der Waals surface area contributed by atoms with E-state index in [1.54, 1.807) is 0 Å². The van der Waals surface area contributed by atoms with Gasteiger partial charge in [0.25, 0.3) is 0 Å². The SMILES string of the molecule is CCCCCC(=O)N1CCN(C(=O)C(C)(C)C)CC1. The van der Waals surface area contributed by atoms with E-state index >= 15 is 0 Å². The number of carbonyl (C=O) groups excluding carboxylic acids is 2. The van der Waals surface area contributed by atoms with Gasteiger partial charge in [-0.25, -0.2) is 0 Å². The predicted octanol–water partition coefficient (Wildman–Crippen LogP) is 2.28. The van der Waals surface area contributed by atoms with Gasteiger partial charge in [-0.3, -0.25) is 9.59 Å². The molecule has 0 radical (unpaired) electrons. The molecule has 2 amide bonds. The molecule has 1 fully saturated rings. The lowest BCUT2D eigenvalue weighted by atomic mass is 9.94. The molecule has 1 saturated heterocycles. The number of unbranched alkanes of at least 4 members (excludes halogenated alkanes) is 2. The second kappa shape index (κ2) is 6.92. The third-order valence-corrected chi connectivity index (χ3v) is 3.56. The molecular formula is C15H28N2O2. The van der Waals surface area contributed by atoms with Gasteiger partial charge in [0.15, 0.2) is 0 Å². The number of piperazine rings is 1. The first-order chi connectivity index (χ1) is 8.86. The molecule has 0 aromatic carbocycles. The highest BCUT2D eigenvalue weighted by atomic mass is 16.2. The van der Waals surface area contributed by atoms with Gasteiger partial charge in [-0.2, -0.15) is 0 Å². The Morgan fingerprint density at radius 2 is 1.47 bits per heavy atom. The van der Waals surface area contributed by atoms with Crippen LogP contribution in [0.1, 0.15) is 53.4 Å². The minimum atomic E-state index is -0.326. The minimum absolute atomic E-state index is 0.186. The molecule has 0 atom stereocenters. The standard InChI is InChI=1S/C15H28N2O2/c1-5-6-7-8-13(18)16-9-11-17(12-10-16)14(19)15(2,3)4/h5-12H2,1-4H3. The van der Waals surface area contributed by atoms with Crippen LogP contribution in [0.5, 0.6) is 0 Å². The summed E-state index contributed by atoms with van der Waals surface area (Å²) in [4.78, 5) is 27.9. The van der Waals surface area contributed by atoms with E-state index in [-0.39, 0.29) is 17.2 Å². The van der Waals surface area contributed by atoms with Gasteiger partial charge in [0, 0.05) is 38.0 Å². The monoisotopic (exact) mass is 268 g/mol. The molecule has 4 nitrogen and oxygen atoms in total. The van der Waals surface area contributed by atoms with Crippen molar-refractivity contribution in [1.82, 2.24) is 9.80 Å². The highest BCUT2D eigenvalue weighted by Gasteiger charge is 2.30. The molecule has 1 aliphatic rings. The molecule has 0 unspecified atom stereocenters. The molecule has 0 bridgehead atoms. The lowest BCUT2D eigenvalue weighted by Gasteiger charge is -2.37. The highest BCUT2D eigenvalue weighted by molar-refractivity contribution is 5.82. The van der Waals surface area contributed by atoms with Crippen molar-refractivity contribution in [3.8, 4) is 0 Å². The summed E-state index contributed by atoms with van der Waals surface area (Å²) in [6.45, 7) is 10.7. The van der Waals surface area contributed by atoms with Crippen LogP contribution in [0.25, 0.3) is 0 Å². The van der Waals surface area contributed by atoms with Crippen molar-refractivity contribution >= 4 is 11.8 Å². The van der Waals surface area contributed by atoms with Crippen molar-refractivity contribution in [3.63, 3.8) is 0 Å². The summed E-state index contributed by atoms with van der Waals surface area (Å²) in [6.07, 6.45) is 3.90. The first-order valence-corrected chi connectivity index (χ1v) is 7.43. The van der Waals surface area contributed by atoms with Crippen LogP contribution >= 0.6 is 0 Å². The number of carbonyl (C=O) groups is 2. The molecule has 110 valence electrons. The molecule has 1 heterocycles. The largest absolute Gasteiger partial charge is 0.339 e. The van der Waals surface area contributed by atoms with Crippen LogP contribution in [-0.2, 0) is 9.59 Å². The van der Waals surface area contributed by atoms with Crippen molar-refractivity contribution < 1.29 is 9.59 Å². The second-order valence-corrected chi connectivity index (χ2v) is 6.38. The Hall–Kier alpha value is -1.06. The molecule has 1 aliphatic heterocycles. The molecular weight excluding hydrogens is 240 g/mol. The van der Waals surface area contributed by atoms with Gasteiger partial charge in [0.1, 0.15) is 0 Å². The van der Waals surface area contributed by atoms with Crippen LogP contribution in [0, 0.1) is 5.41 Å². The Balaban J connectivity index is 2.36. The van der Waals surface area contributed by atoms with Crippen LogP contribution < -0.4 is 0 Å². The van der Waals surface area contributed by atoms with Crippen LogP contribution in [0.2, 0.25) is 0 Å². The predicted molar refractivity (Wildman–Crippen MR) is 76.8 cm³/mol. The maximum Gasteiger partial charge on any atom is 0.228 e. The molecule has 1 rings (SSSR count). The van der Waals surface area contributed by atoms with E-state index in [4.69, 9.17) is 0 Å². The number of nitrogens with zero attached hydrogens (tertiary/aromatic N) is 2. The van der Waals surface area contributed by atoms with E-state index in [2.05, 4.69) is 6.92 Å². The third kappa shape index (κ3) is 4.84. The Kier molecular flexibility index (Phi) is 5.83. The topological polar surface area (TPSA) is 40.6 Å². The van der Waals surface area contributed by atoms with E-state index in [0.717, 1.165) is 19.3 Å². The number of rotatable bonds is 4. The summed E-state index contributed by atoms with van der Waals surface area (Å²) >= 11 is 0. The normalized spacial score (nSPS) is 16.6. The molecule has 0 aliphatic carbocycles. The van der Waals surface area contributed by atoms with Gasteiger partial charge >= 0.3 is 0 Å². The van der Waals surface area contributed by atoms with Gasteiger partial charge in [-0.15, -0.1) is 0 Å². The molecule has 19 heavy (non-hydrogen) atoms. The molecule has 0 spiro atoms. The fraction of sp³-hybridized carbons (Fsp3) is 0.867. The summed E-state index contributed by atoms with van der Waals surface area (Å²) < 4.78 is 0. The molecule has 4 heteroatoms. The van der Waals surface area contributed by atoms with Crippen LogP contribution in [-0.4, -0.2) is 47.8 Å². The van der Waals surface area contributed by atoms with Gasteiger partial charge in [-0.1, -0.05) is 40.5 Å². The van der Waals surface area contributed by atoms with Crippen LogP contribution in [0.3, 0.4) is 0 Å². The summed E-state index contributed by atoms with van der Waals surface area (Å²) in [5.41, 5.74) is -0.326. The zero-order chi connectivity index (χ0) is 14.5. The first kappa shape index (κ1) is 16.0. The lowest BCUT2D eigenvalue weighted by molar-refractivity contribution is -0.145. The second-order valence-electron chi connectivity index (χ2n) is 6.38. The zero-order valence-electron chi connectivity index (χ0n) is 12.9. The van der Waals surface area contributed by atoms with Crippen molar-refractivity contribution in [3.05, 3.63) is 0 Å². The number of hydrogen-bond acceptors (Lipinski definition) is 2. The molecule has 0 aromatic heterocycles. The smallest absolute Gasteiger partial charge is 0.228 e. The molecule has 0 N–H and O–H groups in total. The quantitative estimate of drug-likeness (QED) is 0.734. The van der Waals surface area contributed by atoms with Gasteiger partial charge in [0.2, 0.25) is 11.8 Å². The van der Waals surface area contributed by atoms with E-state index in [9.17, 15) is 9.59 Å². The van der Waals surface area contributed by atoms with E-state index < -0.39 is 0 Å². The van der Waals surface area contributed by atoms with Crippen molar-refractivity contribution in [1.29, 1.82) is 0 Å². The Labute approximate surface area is 117 Å². The Morgan fingerprint density at radius 1 is 0.947 bits per heavy atom. The van der Waals surface area contributed by atoms with E-state index in [1.165, 1.54) is 0 Å². The van der Waals surface area contributed by atoms with E-state index in [0.29, 0.717) is 32.6 Å².